The van der Waals surface area contributed by atoms with Crippen LogP contribution in [0.15, 0.2) is 78.9 Å². The molecule has 0 aromatic heterocycles. The van der Waals surface area contributed by atoms with E-state index < -0.39 is 39.3 Å². The molecule has 1 aliphatic heterocycles. The van der Waals surface area contributed by atoms with Crippen molar-refractivity contribution < 1.29 is 14.4 Å². The Bertz CT molecular complexity index is 1270. The summed E-state index contributed by atoms with van der Waals surface area (Å²) in [6, 6.07) is 24.2. The molecule has 3 aliphatic carbocycles. The molecule has 176 valence electrons. The summed E-state index contributed by atoms with van der Waals surface area (Å²) in [5, 5.41) is 2.89. The topological polar surface area (TPSA) is 66.5 Å². The van der Waals surface area contributed by atoms with Crippen LogP contribution in [0.2, 0.25) is 0 Å². The normalized spacial score (nSPS) is 28.8. The minimum atomic E-state index is -1.25. The number of nitrogens with zero attached hydrogens (tertiary/aromatic N) is 1. The number of carbonyl (C=O) groups excluding carboxylic acids is 3. The molecule has 0 radical (unpaired) electrons. The highest BCUT2D eigenvalue weighted by molar-refractivity contribution is 6.36. The van der Waals surface area contributed by atoms with Crippen molar-refractivity contribution in [2.75, 3.05) is 6.54 Å². The molecule has 5 nitrogen and oxygen atoms in total. The van der Waals surface area contributed by atoms with E-state index in [4.69, 9.17) is 23.2 Å². The molecule has 1 N–H and O–H groups in total. The maximum absolute atomic E-state index is 13.8. The van der Waals surface area contributed by atoms with E-state index in [1.807, 2.05) is 85.8 Å². The summed E-state index contributed by atoms with van der Waals surface area (Å²) in [4.78, 5) is 39.0. The van der Waals surface area contributed by atoms with Gasteiger partial charge in [-0.3, -0.25) is 19.3 Å². The Morgan fingerprint density at radius 1 is 0.800 bits per heavy atom. The molecule has 4 aliphatic rings. The lowest BCUT2D eigenvalue weighted by molar-refractivity contribution is -0.144. The first-order valence-electron chi connectivity index (χ1n) is 11.6. The first-order valence-corrected chi connectivity index (χ1v) is 12.3. The highest BCUT2D eigenvalue weighted by Crippen LogP contribution is 2.69. The summed E-state index contributed by atoms with van der Waals surface area (Å²) in [6.45, 7) is 1.48. The van der Waals surface area contributed by atoms with Gasteiger partial charge in [-0.25, -0.2) is 0 Å². The Balaban J connectivity index is 1.38. The molecule has 0 unspecified atom stereocenters. The largest absolute Gasteiger partial charge is 0.348 e. The van der Waals surface area contributed by atoms with Crippen molar-refractivity contribution in [2.45, 2.75) is 22.7 Å². The zero-order valence-electron chi connectivity index (χ0n) is 18.9. The lowest BCUT2D eigenvalue weighted by atomic mass is 9.54. The SMILES string of the molecule is C[C@H](NC(=O)CN1C(=O)[C@H]2[C@H](C1=O)C1(Cl)c3ccccc3C2(Cl)c2ccccc21)c1ccccc1. The Morgan fingerprint density at radius 2 is 1.20 bits per heavy atom. The monoisotopic (exact) mass is 504 g/mol. The molecule has 0 saturated carbocycles. The van der Waals surface area contributed by atoms with Gasteiger partial charge in [0.05, 0.1) is 17.9 Å². The summed E-state index contributed by atoms with van der Waals surface area (Å²) in [5.74, 6) is -3.16. The highest BCUT2D eigenvalue weighted by atomic mass is 35.5. The number of halogens is 2. The number of hydrogen-bond acceptors (Lipinski definition) is 3. The number of likely N-dealkylation sites (tertiary alicyclic amines) is 1. The quantitative estimate of drug-likeness (QED) is 0.421. The van der Waals surface area contributed by atoms with Crippen LogP contribution >= 0.6 is 23.2 Å². The van der Waals surface area contributed by atoms with Crippen molar-refractivity contribution in [2.24, 2.45) is 11.8 Å². The average molecular weight is 505 g/mol. The van der Waals surface area contributed by atoms with E-state index in [9.17, 15) is 14.4 Å². The van der Waals surface area contributed by atoms with Crippen LogP contribution in [-0.4, -0.2) is 29.2 Å². The average Bonchev–Trinajstić information content (AvgIpc) is 3.13. The van der Waals surface area contributed by atoms with Gasteiger partial charge in [0.15, 0.2) is 0 Å². The van der Waals surface area contributed by atoms with Gasteiger partial charge in [0.2, 0.25) is 17.7 Å². The van der Waals surface area contributed by atoms with Crippen LogP contribution in [-0.2, 0) is 24.1 Å². The minimum Gasteiger partial charge on any atom is -0.348 e. The molecule has 2 bridgehead atoms. The van der Waals surface area contributed by atoms with Gasteiger partial charge in [-0.2, -0.15) is 0 Å². The smallest absolute Gasteiger partial charge is 0.240 e. The van der Waals surface area contributed by atoms with Gasteiger partial charge in [0, 0.05) is 0 Å². The fraction of sp³-hybridized carbons (Fsp3) is 0.250. The van der Waals surface area contributed by atoms with Crippen molar-refractivity contribution in [1.29, 1.82) is 0 Å². The van der Waals surface area contributed by atoms with Gasteiger partial charge in [-0.05, 0) is 34.7 Å². The van der Waals surface area contributed by atoms with E-state index in [0.717, 1.165) is 32.7 Å². The minimum absolute atomic E-state index is 0.276. The highest BCUT2D eigenvalue weighted by Gasteiger charge is 2.73. The van der Waals surface area contributed by atoms with Crippen LogP contribution in [0.5, 0.6) is 0 Å². The molecule has 3 atom stereocenters. The summed E-state index contributed by atoms with van der Waals surface area (Å²) in [7, 11) is 0. The lowest BCUT2D eigenvalue weighted by Crippen LogP contribution is -2.57. The number of alkyl halides is 2. The maximum Gasteiger partial charge on any atom is 0.240 e. The van der Waals surface area contributed by atoms with Gasteiger partial charge in [-0.15, -0.1) is 23.2 Å². The molecule has 7 rings (SSSR count). The first-order chi connectivity index (χ1) is 16.8. The summed E-state index contributed by atoms with van der Waals surface area (Å²) in [6.07, 6.45) is 0. The molecule has 3 aromatic carbocycles. The van der Waals surface area contributed by atoms with E-state index in [0.29, 0.717) is 0 Å². The molecule has 3 amide bonds. The van der Waals surface area contributed by atoms with Gasteiger partial charge < -0.3 is 5.32 Å². The van der Waals surface area contributed by atoms with Gasteiger partial charge in [0.1, 0.15) is 16.3 Å². The molecule has 0 spiro atoms. The Hall–Kier alpha value is -3.15. The van der Waals surface area contributed by atoms with Crippen LogP contribution < -0.4 is 5.32 Å². The van der Waals surface area contributed by atoms with E-state index in [-0.39, 0.29) is 12.6 Å². The fourth-order valence-corrected chi connectivity index (χ4v) is 7.23. The Labute approximate surface area is 213 Å². The van der Waals surface area contributed by atoms with Crippen LogP contribution in [0.3, 0.4) is 0 Å². The number of rotatable bonds is 4. The number of hydrogen-bond donors (Lipinski definition) is 1. The van der Waals surface area contributed by atoms with Crippen LogP contribution in [0.4, 0.5) is 0 Å². The summed E-state index contributed by atoms with van der Waals surface area (Å²) >= 11 is 14.8. The zero-order valence-corrected chi connectivity index (χ0v) is 20.4. The van der Waals surface area contributed by atoms with Gasteiger partial charge >= 0.3 is 0 Å². The molecule has 3 aromatic rings. The summed E-state index contributed by atoms with van der Waals surface area (Å²) in [5.41, 5.74) is 3.88. The van der Waals surface area contributed by atoms with E-state index in [1.165, 1.54) is 0 Å². The predicted molar refractivity (Wildman–Crippen MR) is 133 cm³/mol. The number of nitrogens with one attached hydrogen (secondary N) is 1. The standard InChI is InChI=1S/C28H22Cl2N2O3/c1-16(17-9-3-2-4-10-17)31-22(33)15-32-25(34)23-24(26(32)35)28(30)19-12-6-5-11-18(19)27(23,29)20-13-7-8-14-21(20)28/h2-14,16,23-24H,15H2,1H3,(H,31,33)/t16-,23+,24+,27?,28?/m0/s1. The first kappa shape index (κ1) is 22.3. The van der Waals surface area contributed by atoms with E-state index in [1.54, 1.807) is 0 Å². The molecule has 1 saturated heterocycles. The maximum atomic E-state index is 13.8. The Morgan fingerprint density at radius 3 is 1.63 bits per heavy atom. The lowest BCUT2D eigenvalue weighted by Gasteiger charge is -2.54. The van der Waals surface area contributed by atoms with Crippen molar-refractivity contribution in [3.8, 4) is 0 Å². The second-order valence-electron chi connectivity index (χ2n) is 9.43. The van der Waals surface area contributed by atoms with Crippen LogP contribution in [0.25, 0.3) is 0 Å². The number of amides is 3. The second-order valence-corrected chi connectivity index (χ2v) is 10.6. The van der Waals surface area contributed by atoms with Crippen molar-refractivity contribution in [3.05, 3.63) is 107 Å². The van der Waals surface area contributed by atoms with Crippen LogP contribution in [0, 0.1) is 11.8 Å². The van der Waals surface area contributed by atoms with Gasteiger partial charge in [-0.1, -0.05) is 78.9 Å². The predicted octanol–water partition coefficient (Wildman–Crippen LogP) is 4.46. The zero-order chi connectivity index (χ0) is 24.5. The van der Waals surface area contributed by atoms with E-state index in [2.05, 4.69) is 5.32 Å². The van der Waals surface area contributed by atoms with Crippen molar-refractivity contribution in [1.82, 2.24) is 10.2 Å². The number of imide groups is 1. The van der Waals surface area contributed by atoms with Gasteiger partial charge in [0.25, 0.3) is 0 Å². The van der Waals surface area contributed by atoms with Crippen LogP contribution in [0.1, 0.15) is 40.8 Å². The van der Waals surface area contributed by atoms with E-state index >= 15 is 0 Å². The fourth-order valence-electron chi connectivity index (χ4n) is 6.14. The third-order valence-electron chi connectivity index (χ3n) is 7.66. The second kappa shape index (κ2) is 7.67. The summed E-state index contributed by atoms with van der Waals surface area (Å²) < 4.78 is 0. The third-order valence-corrected chi connectivity index (χ3v) is 8.94. The van der Waals surface area contributed by atoms with Crippen molar-refractivity contribution >= 4 is 40.9 Å². The Kier molecular flexibility index (Phi) is 4.89. The van der Waals surface area contributed by atoms with Crippen molar-refractivity contribution in [3.63, 3.8) is 0 Å². The molecule has 7 heteroatoms. The molecular weight excluding hydrogens is 483 g/mol. The molecular formula is C28H22Cl2N2O3. The third kappa shape index (κ3) is 2.85. The molecule has 1 heterocycles. The number of carbonyl (C=O) groups is 3. The number of benzene rings is 3. The molecule has 1 fully saturated rings. The molecule has 35 heavy (non-hydrogen) atoms.